The highest BCUT2D eigenvalue weighted by atomic mass is 16.5. The number of rotatable bonds is 12. The van der Waals surface area contributed by atoms with Gasteiger partial charge in [-0.3, -0.25) is 4.68 Å². The lowest BCUT2D eigenvalue weighted by atomic mass is 10.1. The molecule has 1 rings (SSSR count). The zero-order valence-corrected chi connectivity index (χ0v) is 12.8. The maximum atomic E-state index is 11.5. The quantitative estimate of drug-likeness (QED) is 0.337. The predicted molar refractivity (Wildman–Crippen MR) is 80.1 cm³/mol. The third kappa shape index (κ3) is 7.60. The molecule has 0 saturated heterocycles. The summed E-state index contributed by atoms with van der Waals surface area (Å²) in [5, 5.41) is 7.73. The first kappa shape index (κ1) is 17.4. The minimum absolute atomic E-state index is 0.188. The van der Waals surface area contributed by atoms with Gasteiger partial charge in [-0.15, -0.1) is 5.10 Å². The summed E-state index contributed by atoms with van der Waals surface area (Å²) in [6.45, 7) is 8.11. The van der Waals surface area contributed by atoms with E-state index in [-0.39, 0.29) is 12.3 Å². The Morgan fingerprint density at radius 3 is 2.86 bits per heavy atom. The van der Waals surface area contributed by atoms with Gasteiger partial charge in [-0.25, -0.2) is 4.79 Å². The number of carbonyl (C=O) groups excluding carboxylic acids is 1. The molecule has 0 aromatic carbocycles. The largest absolute Gasteiger partial charge is 0.457 e. The van der Waals surface area contributed by atoms with Gasteiger partial charge in [0.1, 0.15) is 6.61 Å². The van der Waals surface area contributed by atoms with E-state index in [0.29, 0.717) is 0 Å². The van der Waals surface area contributed by atoms with Gasteiger partial charge in [-0.2, -0.15) is 0 Å². The van der Waals surface area contributed by atoms with E-state index in [1.54, 1.807) is 10.9 Å². The second-order valence-electron chi connectivity index (χ2n) is 4.72. The molecule has 1 aromatic heterocycles. The SMILES string of the molecule is C=CCOC(=O)c1cn(CCCCCCCOCC)nn1. The monoisotopic (exact) mass is 295 g/mol. The molecular formula is C15H25N3O3. The van der Waals surface area contributed by atoms with Crippen LogP contribution in [-0.4, -0.2) is 40.8 Å². The minimum Gasteiger partial charge on any atom is -0.457 e. The Morgan fingerprint density at radius 2 is 2.10 bits per heavy atom. The summed E-state index contributed by atoms with van der Waals surface area (Å²) < 4.78 is 11.9. The van der Waals surface area contributed by atoms with Crippen LogP contribution in [0.4, 0.5) is 0 Å². The molecule has 0 fully saturated rings. The normalized spacial score (nSPS) is 10.5. The van der Waals surface area contributed by atoms with Crippen molar-refractivity contribution in [2.24, 2.45) is 0 Å². The van der Waals surface area contributed by atoms with E-state index >= 15 is 0 Å². The van der Waals surface area contributed by atoms with Crippen LogP contribution in [0.5, 0.6) is 0 Å². The number of aryl methyl sites for hydroxylation is 1. The molecule has 0 N–H and O–H groups in total. The van der Waals surface area contributed by atoms with Gasteiger partial charge >= 0.3 is 5.97 Å². The first-order valence-corrected chi connectivity index (χ1v) is 7.53. The summed E-state index contributed by atoms with van der Waals surface area (Å²) in [6, 6.07) is 0. The minimum atomic E-state index is -0.461. The van der Waals surface area contributed by atoms with Gasteiger partial charge in [0.2, 0.25) is 0 Å². The van der Waals surface area contributed by atoms with Crippen molar-refractivity contribution in [3.63, 3.8) is 0 Å². The summed E-state index contributed by atoms with van der Waals surface area (Å²) >= 11 is 0. The molecule has 0 radical (unpaired) electrons. The lowest BCUT2D eigenvalue weighted by Gasteiger charge is -2.02. The maximum absolute atomic E-state index is 11.5. The number of hydrogen-bond acceptors (Lipinski definition) is 5. The van der Waals surface area contributed by atoms with Gasteiger partial charge < -0.3 is 9.47 Å². The zero-order valence-electron chi connectivity index (χ0n) is 12.8. The van der Waals surface area contributed by atoms with Crippen LogP contribution in [-0.2, 0) is 16.0 Å². The lowest BCUT2D eigenvalue weighted by Crippen LogP contribution is -2.05. The molecule has 6 nitrogen and oxygen atoms in total. The topological polar surface area (TPSA) is 66.2 Å². The van der Waals surface area contributed by atoms with E-state index < -0.39 is 5.97 Å². The molecule has 0 aliphatic carbocycles. The molecule has 6 heteroatoms. The number of esters is 1. The molecule has 0 aliphatic rings. The highest BCUT2D eigenvalue weighted by molar-refractivity contribution is 5.86. The Morgan fingerprint density at radius 1 is 1.33 bits per heavy atom. The van der Waals surface area contributed by atoms with E-state index in [0.717, 1.165) is 39.0 Å². The van der Waals surface area contributed by atoms with E-state index in [4.69, 9.17) is 9.47 Å². The van der Waals surface area contributed by atoms with Crippen molar-refractivity contribution in [1.29, 1.82) is 0 Å². The molecule has 1 aromatic rings. The van der Waals surface area contributed by atoms with Gasteiger partial charge in [-0.05, 0) is 19.8 Å². The molecule has 0 aliphatic heterocycles. The van der Waals surface area contributed by atoms with Crippen LogP contribution in [0.1, 0.15) is 49.5 Å². The fourth-order valence-electron chi connectivity index (χ4n) is 1.86. The number of ether oxygens (including phenoxy) is 2. The Labute approximate surface area is 126 Å². The van der Waals surface area contributed by atoms with Crippen molar-refractivity contribution < 1.29 is 14.3 Å². The molecule has 0 spiro atoms. The predicted octanol–water partition coefficient (Wildman–Crippen LogP) is 2.61. The fraction of sp³-hybridized carbons (Fsp3) is 0.667. The zero-order chi connectivity index (χ0) is 15.3. The summed E-state index contributed by atoms with van der Waals surface area (Å²) in [5.74, 6) is -0.461. The van der Waals surface area contributed by atoms with Crippen molar-refractivity contribution in [3.05, 3.63) is 24.5 Å². The highest BCUT2D eigenvalue weighted by Gasteiger charge is 2.11. The number of hydrogen-bond donors (Lipinski definition) is 0. The van der Waals surface area contributed by atoms with Crippen LogP contribution in [0.3, 0.4) is 0 Å². The smallest absolute Gasteiger partial charge is 0.360 e. The highest BCUT2D eigenvalue weighted by Crippen LogP contribution is 2.05. The Hall–Kier alpha value is -1.69. The molecule has 0 atom stereocenters. The molecule has 1 heterocycles. The molecule has 0 bridgehead atoms. The molecule has 118 valence electrons. The molecule has 0 amide bonds. The van der Waals surface area contributed by atoms with Gasteiger partial charge in [0.25, 0.3) is 0 Å². The van der Waals surface area contributed by atoms with E-state index in [2.05, 4.69) is 16.9 Å². The second kappa shape index (κ2) is 11.0. The summed E-state index contributed by atoms with van der Waals surface area (Å²) in [5.41, 5.74) is 0.244. The van der Waals surface area contributed by atoms with Crippen LogP contribution >= 0.6 is 0 Å². The van der Waals surface area contributed by atoms with E-state index in [1.807, 2.05) is 6.92 Å². The summed E-state index contributed by atoms with van der Waals surface area (Å²) in [4.78, 5) is 11.5. The maximum Gasteiger partial charge on any atom is 0.360 e. The van der Waals surface area contributed by atoms with Crippen LogP contribution in [0.25, 0.3) is 0 Å². The van der Waals surface area contributed by atoms with Crippen LogP contribution in [0.2, 0.25) is 0 Å². The Kier molecular flexibility index (Phi) is 9.11. The molecule has 0 unspecified atom stereocenters. The number of carbonyl (C=O) groups is 1. The summed E-state index contributed by atoms with van der Waals surface area (Å²) in [7, 11) is 0. The average Bonchev–Trinajstić information content (AvgIpc) is 2.96. The van der Waals surface area contributed by atoms with Gasteiger partial charge in [0, 0.05) is 19.8 Å². The van der Waals surface area contributed by atoms with Crippen molar-refractivity contribution in [2.75, 3.05) is 19.8 Å². The van der Waals surface area contributed by atoms with Gasteiger partial charge in [0.05, 0.1) is 6.20 Å². The average molecular weight is 295 g/mol. The van der Waals surface area contributed by atoms with Crippen LogP contribution in [0.15, 0.2) is 18.9 Å². The first-order valence-electron chi connectivity index (χ1n) is 7.53. The number of aromatic nitrogens is 3. The molecule has 21 heavy (non-hydrogen) atoms. The Bertz CT molecular complexity index is 418. The number of nitrogens with zero attached hydrogens (tertiary/aromatic N) is 3. The standard InChI is InChI=1S/C15H25N3O3/c1-3-11-21-15(19)14-13-18(17-16-14)10-8-6-5-7-9-12-20-4-2/h3,13H,1,4-12H2,2H3. The summed E-state index contributed by atoms with van der Waals surface area (Å²) in [6.07, 6.45) is 8.82. The Balaban J connectivity index is 2.11. The first-order chi connectivity index (χ1) is 10.3. The van der Waals surface area contributed by atoms with Crippen molar-refractivity contribution in [2.45, 2.75) is 45.6 Å². The fourth-order valence-corrected chi connectivity index (χ4v) is 1.86. The van der Waals surface area contributed by atoms with Crippen molar-refractivity contribution in [1.82, 2.24) is 15.0 Å². The van der Waals surface area contributed by atoms with Crippen LogP contribution in [0, 0.1) is 0 Å². The van der Waals surface area contributed by atoms with E-state index in [9.17, 15) is 4.79 Å². The van der Waals surface area contributed by atoms with Gasteiger partial charge in [-0.1, -0.05) is 37.1 Å². The molecule has 0 saturated carbocycles. The lowest BCUT2D eigenvalue weighted by molar-refractivity contribution is 0.0542. The van der Waals surface area contributed by atoms with Crippen LogP contribution < -0.4 is 0 Å². The van der Waals surface area contributed by atoms with Crippen molar-refractivity contribution >= 4 is 5.97 Å². The third-order valence-electron chi connectivity index (χ3n) is 2.96. The molecular weight excluding hydrogens is 270 g/mol. The second-order valence-corrected chi connectivity index (χ2v) is 4.72. The third-order valence-corrected chi connectivity index (χ3v) is 2.96. The van der Waals surface area contributed by atoms with E-state index in [1.165, 1.54) is 18.9 Å². The van der Waals surface area contributed by atoms with Crippen molar-refractivity contribution in [3.8, 4) is 0 Å². The number of unbranched alkanes of at least 4 members (excludes halogenated alkanes) is 4. The van der Waals surface area contributed by atoms with Gasteiger partial charge in [0.15, 0.2) is 5.69 Å².